The summed E-state index contributed by atoms with van der Waals surface area (Å²) in [5.74, 6) is -3.31. The molecular formula is C12H16N2O6S. The summed E-state index contributed by atoms with van der Waals surface area (Å²) in [6.45, 7) is 0. The highest BCUT2D eigenvalue weighted by atomic mass is 32.2. The Bertz CT molecular complexity index is 551. The van der Waals surface area contributed by atoms with Crippen LogP contribution in [0.4, 0.5) is 0 Å². The quantitative estimate of drug-likeness (QED) is 0.288. The van der Waals surface area contributed by atoms with Crippen LogP contribution in [-0.2, 0) is 16.0 Å². The molecule has 0 saturated carbocycles. The van der Waals surface area contributed by atoms with Gasteiger partial charge < -0.3 is 31.9 Å². The van der Waals surface area contributed by atoms with Gasteiger partial charge in [0, 0.05) is 5.75 Å². The number of carboxylic acid groups (broad SMARTS) is 2. The van der Waals surface area contributed by atoms with Gasteiger partial charge in [0.15, 0.2) is 11.5 Å². The topological polar surface area (TPSA) is 167 Å². The molecule has 1 rings (SSSR count). The van der Waals surface area contributed by atoms with E-state index in [0.717, 1.165) is 11.8 Å². The van der Waals surface area contributed by atoms with Gasteiger partial charge in [0.1, 0.15) is 12.1 Å². The Morgan fingerprint density at radius 2 is 1.67 bits per heavy atom. The zero-order valence-electron chi connectivity index (χ0n) is 10.9. The molecule has 0 heterocycles. The predicted molar refractivity (Wildman–Crippen MR) is 75.4 cm³/mol. The minimum atomic E-state index is -1.21. The van der Waals surface area contributed by atoms with Gasteiger partial charge in [-0.05, 0) is 18.1 Å². The third-order valence-corrected chi connectivity index (χ3v) is 3.94. The van der Waals surface area contributed by atoms with Crippen LogP contribution in [0.3, 0.4) is 0 Å². The number of nitrogens with two attached hydrogens (primary N) is 2. The first kappa shape index (κ1) is 17.1. The van der Waals surface area contributed by atoms with Crippen LogP contribution in [0.15, 0.2) is 17.0 Å². The van der Waals surface area contributed by atoms with Gasteiger partial charge >= 0.3 is 11.9 Å². The third kappa shape index (κ3) is 4.52. The van der Waals surface area contributed by atoms with Gasteiger partial charge in [-0.3, -0.25) is 9.59 Å². The maximum absolute atomic E-state index is 10.8. The van der Waals surface area contributed by atoms with Crippen LogP contribution in [0, 0.1) is 0 Å². The Morgan fingerprint density at radius 1 is 1.10 bits per heavy atom. The van der Waals surface area contributed by atoms with Crippen molar-refractivity contribution in [2.75, 3.05) is 5.75 Å². The normalized spacial score (nSPS) is 13.6. The van der Waals surface area contributed by atoms with Crippen molar-refractivity contribution in [2.24, 2.45) is 11.5 Å². The van der Waals surface area contributed by atoms with E-state index in [0.29, 0.717) is 5.56 Å². The number of aliphatic carboxylic acids is 2. The van der Waals surface area contributed by atoms with Gasteiger partial charge in [-0.15, -0.1) is 11.8 Å². The summed E-state index contributed by atoms with van der Waals surface area (Å²) < 4.78 is 0. The number of rotatable bonds is 7. The first-order valence-corrected chi connectivity index (χ1v) is 6.86. The number of carboxylic acids is 2. The minimum Gasteiger partial charge on any atom is -0.504 e. The summed E-state index contributed by atoms with van der Waals surface area (Å²) in [6, 6.07) is 0.298. The summed E-state index contributed by atoms with van der Waals surface area (Å²) in [5.41, 5.74) is 11.2. The predicted octanol–water partition coefficient (Wildman–Crippen LogP) is -0.444. The molecule has 0 aliphatic rings. The Hall–Kier alpha value is -1.97. The Labute approximate surface area is 124 Å². The van der Waals surface area contributed by atoms with Crippen molar-refractivity contribution in [2.45, 2.75) is 23.4 Å². The molecule has 0 aliphatic heterocycles. The second kappa shape index (κ2) is 7.16. The summed E-state index contributed by atoms with van der Waals surface area (Å²) in [4.78, 5) is 21.6. The lowest BCUT2D eigenvalue weighted by atomic mass is 10.1. The first-order valence-electron chi connectivity index (χ1n) is 5.87. The molecule has 0 amide bonds. The number of phenols is 2. The van der Waals surface area contributed by atoms with Gasteiger partial charge in [-0.2, -0.15) is 0 Å². The molecule has 0 bridgehead atoms. The van der Waals surface area contributed by atoms with Gasteiger partial charge in [-0.25, -0.2) is 0 Å². The van der Waals surface area contributed by atoms with Gasteiger partial charge in [-0.1, -0.05) is 6.07 Å². The molecule has 0 fully saturated rings. The van der Waals surface area contributed by atoms with Crippen molar-refractivity contribution in [3.8, 4) is 11.5 Å². The number of thioether (sulfide) groups is 1. The van der Waals surface area contributed by atoms with E-state index in [1.165, 1.54) is 12.1 Å². The van der Waals surface area contributed by atoms with Crippen LogP contribution < -0.4 is 11.5 Å². The molecule has 8 N–H and O–H groups in total. The van der Waals surface area contributed by atoms with Crippen molar-refractivity contribution >= 4 is 23.7 Å². The fraction of sp³-hybridized carbons (Fsp3) is 0.333. The number of hydrogen-bond acceptors (Lipinski definition) is 7. The van der Waals surface area contributed by atoms with E-state index in [-0.39, 0.29) is 17.1 Å². The number of carbonyl (C=O) groups is 2. The fourth-order valence-corrected chi connectivity index (χ4v) is 2.56. The molecular weight excluding hydrogens is 300 g/mol. The fourth-order valence-electron chi connectivity index (χ4n) is 1.49. The standard InChI is InChI=1S/C12H16N2O6S/c13-6(11(17)18)3-5-1-2-8(15)9(16)10(5)21-4-7(14)12(19)20/h1-2,6-7,15-16H,3-4,13-14H2,(H,17,18)(H,19,20). The SMILES string of the molecule is NC(CSc1c(CC(N)C(=O)O)ccc(O)c1O)C(=O)O. The highest BCUT2D eigenvalue weighted by Crippen LogP contribution is 2.39. The smallest absolute Gasteiger partial charge is 0.321 e. The largest absolute Gasteiger partial charge is 0.504 e. The number of hydrogen-bond donors (Lipinski definition) is 6. The zero-order chi connectivity index (χ0) is 16.2. The Kier molecular flexibility index (Phi) is 5.82. The molecule has 1 aromatic carbocycles. The van der Waals surface area contributed by atoms with E-state index in [4.69, 9.17) is 21.7 Å². The molecule has 0 saturated heterocycles. The molecule has 1 aromatic rings. The van der Waals surface area contributed by atoms with Crippen molar-refractivity contribution in [3.63, 3.8) is 0 Å². The molecule has 9 heteroatoms. The molecule has 8 nitrogen and oxygen atoms in total. The average Bonchev–Trinajstić information content (AvgIpc) is 2.41. The number of phenolic OH excluding ortho intramolecular Hbond substituents is 2. The van der Waals surface area contributed by atoms with Crippen molar-refractivity contribution < 1.29 is 30.0 Å². The molecule has 2 unspecified atom stereocenters. The van der Waals surface area contributed by atoms with E-state index in [9.17, 15) is 19.8 Å². The lowest BCUT2D eigenvalue weighted by Crippen LogP contribution is -2.33. The minimum absolute atomic E-state index is 0.0539. The first-order chi connectivity index (χ1) is 9.73. The van der Waals surface area contributed by atoms with E-state index >= 15 is 0 Å². The summed E-state index contributed by atoms with van der Waals surface area (Å²) in [6.07, 6.45) is -0.0756. The van der Waals surface area contributed by atoms with Gasteiger partial charge in [0.2, 0.25) is 0 Å². The van der Waals surface area contributed by atoms with Crippen LogP contribution in [0.5, 0.6) is 11.5 Å². The van der Waals surface area contributed by atoms with Crippen molar-refractivity contribution in [1.29, 1.82) is 0 Å². The average molecular weight is 316 g/mol. The van der Waals surface area contributed by atoms with E-state index < -0.39 is 35.5 Å². The lowest BCUT2D eigenvalue weighted by Gasteiger charge is -2.15. The molecule has 0 spiro atoms. The van der Waals surface area contributed by atoms with Gasteiger partial charge in [0.05, 0.1) is 4.90 Å². The molecule has 0 aromatic heterocycles. The molecule has 0 radical (unpaired) electrons. The second-order valence-electron chi connectivity index (χ2n) is 4.33. The Morgan fingerprint density at radius 3 is 2.19 bits per heavy atom. The summed E-state index contributed by atoms with van der Waals surface area (Å²) in [5, 5.41) is 36.8. The van der Waals surface area contributed by atoms with E-state index in [1.54, 1.807) is 0 Å². The summed E-state index contributed by atoms with van der Waals surface area (Å²) >= 11 is 0.914. The van der Waals surface area contributed by atoms with Crippen LogP contribution >= 0.6 is 11.8 Å². The number of aromatic hydroxyl groups is 2. The molecule has 2 atom stereocenters. The summed E-state index contributed by atoms with van der Waals surface area (Å²) in [7, 11) is 0. The van der Waals surface area contributed by atoms with E-state index in [1.807, 2.05) is 0 Å². The zero-order valence-corrected chi connectivity index (χ0v) is 11.7. The second-order valence-corrected chi connectivity index (χ2v) is 5.36. The van der Waals surface area contributed by atoms with Gasteiger partial charge in [0.25, 0.3) is 0 Å². The highest BCUT2D eigenvalue weighted by Gasteiger charge is 2.20. The maximum Gasteiger partial charge on any atom is 0.321 e. The molecule has 0 aliphatic carbocycles. The van der Waals surface area contributed by atoms with Crippen LogP contribution in [0.25, 0.3) is 0 Å². The van der Waals surface area contributed by atoms with E-state index in [2.05, 4.69) is 0 Å². The van der Waals surface area contributed by atoms with Crippen molar-refractivity contribution in [3.05, 3.63) is 17.7 Å². The van der Waals surface area contributed by atoms with Crippen molar-refractivity contribution in [1.82, 2.24) is 0 Å². The molecule has 116 valence electrons. The number of benzene rings is 1. The lowest BCUT2D eigenvalue weighted by molar-refractivity contribution is -0.139. The monoisotopic (exact) mass is 316 g/mol. The Balaban J connectivity index is 3.00. The highest BCUT2D eigenvalue weighted by molar-refractivity contribution is 7.99. The van der Waals surface area contributed by atoms with Crippen LogP contribution in [0.1, 0.15) is 5.56 Å². The molecule has 21 heavy (non-hydrogen) atoms. The third-order valence-electron chi connectivity index (χ3n) is 2.67. The van der Waals surface area contributed by atoms with Crippen LogP contribution in [-0.4, -0.2) is 50.2 Å². The maximum atomic E-state index is 10.8. The van der Waals surface area contributed by atoms with Crippen LogP contribution in [0.2, 0.25) is 0 Å².